The van der Waals surface area contributed by atoms with Gasteiger partial charge in [-0.3, -0.25) is 9.36 Å². The first-order valence-electron chi connectivity index (χ1n) is 5.10. The molecule has 78 valence electrons. The molecule has 0 radical (unpaired) electrons. The van der Waals surface area contributed by atoms with Crippen molar-refractivity contribution in [1.82, 2.24) is 24.9 Å². The number of hydrogen-bond donors (Lipinski definition) is 1. The lowest BCUT2D eigenvalue weighted by Gasteiger charge is -2.13. The summed E-state index contributed by atoms with van der Waals surface area (Å²) in [5.74, 6) is 0. The Balaban J connectivity index is 2.02. The predicted octanol–water partition coefficient (Wildman–Crippen LogP) is 0.387. The first-order chi connectivity index (χ1) is 7.33. The summed E-state index contributed by atoms with van der Waals surface area (Å²) < 4.78 is 3.85. The zero-order chi connectivity index (χ0) is 10.3. The molecule has 3 heterocycles. The standard InChI is InChI=1S/C10H13N5/c1-14-4-2-9(12-14)10-6-8-7-11-3-5-15(8)13-10/h2,4,6,11H,3,5,7H2,1H3. The van der Waals surface area contributed by atoms with Gasteiger partial charge in [0.1, 0.15) is 11.4 Å². The molecule has 0 spiro atoms. The van der Waals surface area contributed by atoms with E-state index in [-0.39, 0.29) is 0 Å². The van der Waals surface area contributed by atoms with Gasteiger partial charge in [0.2, 0.25) is 0 Å². The van der Waals surface area contributed by atoms with Gasteiger partial charge in [-0.15, -0.1) is 0 Å². The second-order valence-corrected chi connectivity index (χ2v) is 3.80. The summed E-state index contributed by atoms with van der Waals surface area (Å²) in [5.41, 5.74) is 3.15. The highest BCUT2D eigenvalue weighted by Crippen LogP contribution is 2.17. The number of nitrogens with zero attached hydrogens (tertiary/aromatic N) is 4. The Morgan fingerprint density at radius 1 is 1.33 bits per heavy atom. The van der Waals surface area contributed by atoms with Crippen LogP contribution in [0.15, 0.2) is 18.3 Å². The SMILES string of the molecule is Cn1ccc(-c2cc3n(n2)CCNC3)n1. The van der Waals surface area contributed by atoms with E-state index in [2.05, 4.69) is 26.3 Å². The highest BCUT2D eigenvalue weighted by Gasteiger charge is 2.13. The first kappa shape index (κ1) is 8.67. The average molecular weight is 203 g/mol. The normalized spacial score (nSPS) is 15.3. The lowest BCUT2D eigenvalue weighted by atomic mass is 10.3. The predicted molar refractivity (Wildman–Crippen MR) is 56.1 cm³/mol. The van der Waals surface area contributed by atoms with Crippen molar-refractivity contribution in [2.75, 3.05) is 6.54 Å². The first-order valence-corrected chi connectivity index (χ1v) is 5.10. The summed E-state index contributed by atoms with van der Waals surface area (Å²) in [6, 6.07) is 4.09. The van der Waals surface area contributed by atoms with Gasteiger partial charge in [-0.05, 0) is 12.1 Å². The second kappa shape index (κ2) is 3.20. The van der Waals surface area contributed by atoms with Crippen LogP contribution >= 0.6 is 0 Å². The van der Waals surface area contributed by atoms with Gasteiger partial charge in [0.05, 0.1) is 12.2 Å². The Kier molecular flexibility index (Phi) is 1.85. The van der Waals surface area contributed by atoms with Crippen LogP contribution in [0, 0.1) is 0 Å². The molecular formula is C10H13N5. The zero-order valence-electron chi connectivity index (χ0n) is 8.64. The minimum Gasteiger partial charge on any atom is -0.309 e. The van der Waals surface area contributed by atoms with Crippen LogP contribution in [0.3, 0.4) is 0 Å². The van der Waals surface area contributed by atoms with Gasteiger partial charge < -0.3 is 5.32 Å². The number of fused-ring (bicyclic) bond motifs is 1. The third kappa shape index (κ3) is 1.45. The van der Waals surface area contributed by atoms with Crippen molar-refractivity contribution in [2.24, 2.45) is 7.05 Å². The van der Waals surface area contributed by atoms with E-state index < -0.39 is 0 Å². The van der Waals surface area contributed by atoms with Gasteiger partial charge in [0.25, 0.3) is 0 Å². The van der Waals surface area contributed by atoms with Gasteiger partial charge in [-0.1, -0.05) is 0 Å². The monoisotopic (exact) mass is 203 g/mol. The summed E-state index contributed by atoms with van der Waals surface area (Å²) in [4.78, 5) is 0. The molecule has 2 aromatic heterocycles. The van der Waals surface area contributed by atoms with E-state index in [1.807, 2.05) is 19.3 Å². The molecule has 15 heavy (non-hydrogen) atoms. The van der Waals surface area contributed by atoms with Crippen molar-refractivity contribution in [3.63, 3.8) is 0 Å². The minimum atomic E-state index is 0.903. The van der Waals surface area contributed by atoms with E-state index in [1.165, 1.54) is 5.69 Å². The molecule has 0 aromatic carbocycles. The van der Waals surface area contributed by atoms with Gasteiger partial charge in [0.15, 0.2) is 0 Å². The second-order valence-electron chi connectivity index (χ2n) is 3.80. The van der Waals surface area contributed by atoms with Gasteiger partial charge in [-0.2, -0.15) is 10.2 Å². The maximum Gasteiger partial charge on any atom is 0.113 e. The Hall–Kier alpha value is -1.62. The van der Waals surface area contributed by atoms with Crippen LogP contribution in [0.1, 0.15) is 5.69 Å². The van der Waals surface area contributed by atoms with Crippen molar-refractivity contribution in [3.8, 4) is 11.4 Å². The summed E-state index contributed by atoms with van der Waals surface area (Å²) >= 11 is 0. The van der Waals surface area contributed by atoms with Gasteiger partial charge >= 0.3 is 0 Å². The molecular weight excluding hydrogens is 190 g/mol. The maximum absolute atomic E-state index is 4.54. The van der Waals surface area contributed by atoms with Crippen molar-refractivity contribution in [2.45, 2.75) is 13.1 Å². The van der Waals surface area contributed by atoms with Crippen LogP contribution in [-0.2, 0) is 20.1 Å². The van der Waals surface area contributed by atoms with Gasteiger partial charge in [0, 0.05) is 26.3 Å². The molecule has 5 nitrogen and oxygen atoms in total. The average Bonchev–Trinajstić information content (AvgIpc) is 2.82. The third-order valence-corrected chi connectivity index (χ3v) is 2.65. The van der Waals surface area contributed by atoms with Crippen LogP contribution in [-0.4, -0.2) is 26.1 Å². The van der Waals surface area contributed by atoms with Crippen molar-refractivity contribution >= 4 is 0 Å². The van der Waals surface area contributed by atoms with Crippen LogP contribution in [0.4, 0.5) is 0 Å². The Bertz CT molecular complexity index is 458. The molecule has 2 aromatic rings. The fraction of sp³-hybridized carbons (Fsp3) is 0.400. The Labute approximate surface area is 87.7 Å². The molecule has 3 rings (SSSR count). The topological polar surface area (TPSA) is 47.7 Å². The quantitative estimate of drug-likeness (QED) is 0.729. The third-order valence-electron chi connectivity index (χ3n) is 2.65. The van der Waals surface area contributed by atoms with Crippen LogP contribution < -0.4 is 5.32 Å². The molecule has 0 saturated carbocycles. The largest absolute Gasteiger partial charge is 0.309 e. The van der Waals surface area contributed by atoms with Crippen molar-refractivity contribution < 1.29 is 0 Å². The van der Waals surface area contributed by atoms with E-state index in [0.717, 1.165) is 31.0 Å². The van der Waals surface area contributed by atoms with E-state index in [0.29, 0.717) is 0 Å². The molecule has 0 saturated heterocycles. The number of aromatic nitrogens is 4. The number of nitrogens with one attached hydrogen (secondary N) is 1. The molecule has 0 aliphatic carbocycles. The Morgan fingerprint density at radius 3 is 3.00 bits per heavy atom. The van der Waals surface area contributed by atoms with E-state index >= 15 is 0 Å². The molecule has 5 heteroatoms. The summed E-state index contributed by atoms with van der Waals surface area (Å²) in [5, 5.41) is 12.2. The lowest BCUT2D eigenvalue weighted by molar-refractivity contribution is 0.476. The molecule has 1 N–H and O–H groups in total. The van der Waals surface area contributed by atoms with Crippen molar-refractivity contribution in [1.29, 1.82) is 0 Å². The lowest BCUT2D eigenvalue weighted by Crippen LogP contribution is -2.28. The Morgan fingerprint density at radius 2 is 2.27 bits per heavy atom. The van der Waals surface area contributed by atoms with E-state index in [9.17, 15) is 0 Å². The smallest absolute Gasteiger partial charge is 0.113 e. The molecule has 1 aliphatic heterocycles. The van der Waals surface area contributed by atoms with E-state index in [4.69, 9.17) is 0 Å². The van der Waals surface area contributed by atoms with Crippen LogP contribution in [0.25, 0.3) is 11.4 Å². The zero-order valence-corrected chi connectivity index (χ0v) is 8.64. The minimum absolute atomic E-state index is 0.903. The van der Waals surface area contributed by atoms with Gasteiger partial charge in [-0.25, -0.2) is 0 Å². The highest BCUT2D eigenvalue weighted by atomic mass is 15.3. The fourth-order valence-electron chi connectivity index (χ4n) is 1.87. The molecule has 0 atom stereocenters. The van der Waals surface area contributed by atoms with E-state index in [1.54, 1.807) is 4.68 Å². The maximum atomic E-state index is 4.54. The molecule has 0 amide bonds. The summed E-state index contributed by atoms with van der Waals surface area (Å²) in [7, 11) is 1.92. The van der Waals surface area contributed by atoms with Crippen LogP contribution in [0.2, 0.25) is 0 Å². The molecule has 0 fully saturated rings. The molecule has 0 unspecified atom stereocenters. The highest BCUT2D eigenvalue weighted by molar-refractivity contribution is 5.53. The van der Waals surface area contributed by atoms with Crippen LogP contribution in [0.5, 0.6) is 0 Å². The molecule has 0 bridgehead atoms. The summed E-state index contributed by atoms with van der Waals surface area (Å²) in [6.07, 6.45) is 1.94. The van der Waals surface area contributed by atoms with Crippen molar-refractivity contribution in [3.05, 3.63) is 24.0 Å². The number of aryl methyl sites for hydroxylation is 1. The molecule has 1 aliphatic rings. The number of rotatable bonds is 1. The number of hydrogen-bond acceptors (Lipinski definition) is 3. The summed E-state index contributed by atoms with van der Waals surface area (Å²) in [6.45, 7) is 2.85. The fourth-order valence-corrected chi connectivity index (χ4v) is 1.87.